The van der Waals surface area contributed by atoms with E-state index in [9.17, 15) is 4.39 Å². The average Bonchev–Trinajstić information content (AvgIpc) is 2.79. The molecule has 5 heteroatoms. The Balaban J connectivity index is 2.26. The molecule has 0 fully saturated rings. The van der Waals surface area contributed by atoms with E-state index in [0.717, 1.165) is 28.0 Å². The monoisotopic (exact) mass is 333 g/mol. The highest BCUT2D eigenvalue weighted by Gasteiger charge is 2.13. The fraction of sp³-hybridized carbons (Fsp3) is 0.133. The lowest BCUT2D eigenvalue weighted by atomic mass is 10.2. The molecule has 0 saturated carbocycles. The van der Waals surface area contributed by atoms with Gasteiger partial charge in [0.2, 0.25) is 0 Å². The molecular weight excluding hydrogens is 321 g/mol. The predicted octanol–water partition coefficient (Wildman–Crippen LogP) is 3.60. The van der Waals surface area contributed by atoms with Gasteiger partial charge in [-0.2, -0.15) is 0 Å². The molecule has 0 spiro atoms. The van der Waals surface area contributed by atoms with E-state index in [-0.39, 0.29) is 5.82 Å². The number of nitrogens with zero attached hydrogens (tertiary/aromatic N) is 2. The summed E-state index contributed by atoms with van der Waals surface area (Å²) in [7, 11) is 1.92. The number of hydrogen-bond donors (Lipinski definition) is 1. The molecule has 20 heavy (non-hydrogen) atoms. The van der Waals surface area contributed by atoms with Crippen LogP contribution in [-0.4, -0.2) is 9.55 Å². The van der Waals surface area contributed by atoms with Gasteiger partial charge in [0.1, 0.15) is 11.6 Å². The summed E-state index contributed by atoms with van der Waals surface area (Å²) in [6.07, 6.45) is 0. The largest absolute Gasteiger partial charge is 0.327 e. The number of aryl methyl sites for hydroxylation is 1. The Morgan fingerprint density at radius 2 is 2.10 bits per heavy atom. The molecular formula is C15H13BrFN3. The first-order valence-corrected chi connectivity index (χ1v) is 7.01. The van der Waals surface area contributed by atoms with Gasteiger partial charge in [0.25, 0.3) is 0 Å². The van der Waals surface area contributed by atoms with Crippen LogP contribution in [0.2, 0.25) is 0 Å². The molecule has 2 N–H and O–H groups in total. The van der Waals surface area contributed by atoms with Crippen molar-refractivity contribution in [1.82, 2.24) is 9.55 Å². The normalized spacial score (nSPS) is 11.2. The van der Waals surface area contributed by atoms with E-state index in [1.807, 2.05) is 35.9 Å². The number of halogens is 2. The topological polar surface area (TPSA) is 43.8 Å². The van der Waals surface area contributed by atoms with Crippen LogP contribution >= 0.6 is 15.9 Å². The van der Waals surface area contributed by atoms with E-state index in [1.165, 1.54) is 6.07 Å². The van der Waals surface area contributed by atoms with Gasteiger partial charge in [-0.1, -0.05) is 12.1 Å². The summed E-state index contributed by atoms with van der Waals surface area (Å²) in [4.78, 5) is 4.63. The van der Waals surface area contributed by atoms with Crippen molar-refractivity contribution < 1.29 is 4.39 Å². The van der Waals surface area contributed by atoms with Crippen molar-refractivity contribution in [3.05, 3.63) is 52.3 Å². The molecule has 0 bridgehead atoms. The first-order chi connectivity index (χ1) is 9.61. The van der Waals surface area contributed by atoms with Gasteiger partial charge in [-0.25, -0.2) is 9.37 Å². The van der Waals surface area contributed by atoms with Crippen LogP contribution in [0.1, 0.15) is 5.56 Å². The van der Waals surface area contributed by atoms with E-state index in [4.69, 9.17) is 5.73 Å². The second-order valence-electron chi connectivity index (χ2n) is 4.61. The number of rotatable bonds is 2. The lowest BCUT2D eigenvalue weighted by molar-refractivity contribution is 0.621. The average molecular weight is 334 g/mol. The molecule has 1 heterocycles. The predicted molar refractivity (Wildman–Crippen MR) is 81.7 cm³/mol. The molecule has 0 radical (unpaired) electrons. The molecule has 0 aliphatic rings. The van der Waals surface area contributed by atoms with Gasteiger partial charge in [-0.15, -0.1) is 0 Å². The van der Waals surface area contributed by atoms with Crippen LogP contribution in [0.4, 0.5) is 4.39 Å². The van der Waals surface area contributed by atoms with Crippen LogP contribution in [0.25, 0.3) is 22.4 Å². The third kappa shape index (κ3) is 2.03. The molecule has 102 valence electrons. The minimum atomic E-state index is -0.298. The smallest absolute Gasteiger partial charge is 0.140 e. The second kappa shape index (κ2) is 5.00. The molecule has 3 rings (SSSR count). The minimum absolute atomic E-state index is 0.298. The zero-order chi connectivity index (χ0) is 14.3. The maximum atomic E-state index is 13.7. The summed E-state index contributed by atoms with van der Waals surface area (Å²) in [5.41, 5.74) is 9.34. The number of nitrogens with two attached hydrogens (primary N) is 1. The highest BCUT2D eigenvalue weighted by atomic mass is 79.9. The van der Waals surface area contributed by atoms with Crippen LogP contribution < -0.4 is 5.73 Å². The lowest BCUT2D eigenvalue weighted by Gasteiger charge is -2.03. The standard InChI is InChI=1S/C15H13BrFN3/c1-20-13-4-2-3-10(8-18)14(13)19-15(20)9-5-6-11(16)12(17)7-9/h2-7H,8,18H2,1H3. The van der Waals surface area contributed by atoms with Gasteiger partial charge in [-0.3, -0.25) is 0 Å². The minimum Gasteiger partial charge on any atom is -0.327 e. The van der Waals surface area contributed by atoms with Crippen LogP contribution in [-0.2, 0) is 13.6 Å². The number of para-hydroxylation sites is 1. The van der Waals surface area contributed by atoms with E-state index in [2.05, 4.69) is 20.9 Å². The SMILES string of the molecule is Cn1c(-c2ccc(Br)c(F)c2)nc2c(CN)cccc21. The van der Waals surface area contributed by atoms with Crippen molar-refractivity contribution in [1.29, 1.82) is 0 Å². The molecule has 0 saturated heterocycles. The van der Waals surface area contributed by atoms with Gasteiger partial charge in [0.05, 0.1) is 15.5 Å². The number of aromatic nitrogens is 2. The molecule has 3 nitrogen and oxygen atoms in total. The van der Waals surface area contributed by atoms with Crippen LogP contribution in [0.15, 0.2) is 40.9 Å². The molecule has 0 aliphatic carbocycles. The highest BCUT2D eigenvalue weighted by Crippen LogP contribution is 2.28. The Bertz CT molecular complexity index is 795. The Hall–Kier alpha value is -1.72. The first kappa shape index (κ1) is 13.3. The Morgan fingerprint density at radius 1 is 1.30 bits per heavy atom. The van der Waals surface area contributed by atoms with E-state index < -0.39 is 0 Å². The van der Waals surface area contributed by atoms with Crippen molar-refractivity contribution in [2.75, 3.05) is 0 Å². The molecule has 0 aliphatic heterocycles. The van der Waals surface area contributed by atoms with Crippen molar-refractivity contribution >= 4 is 27.0 Å². The van der Waals surface area contributed by atoms with Gasteiger partial charge >= 0.3 is 0 Å². The number of benzene rings is 2. The molecule has 3 aromatic rings. The molecule has 0 atom stereocenters. The van der Waals surface area contributed by atoms with Gasteiger partial charge in [0.15, 0.2) is 0 Å². The van der Waals surface area contributed by atoms with Crippen molar-refractivity contribution in [3.8, 4) is 11.4 Å². The summed E-state index contributed by atoms with van der Waals surface area (Å²) < 4.78 is 16.1. The van der Waals surface area contributed by atoms with E-state index in [1.54, 1.807) is 6.07 Å². The Labute approximate surface area is 124 Å². The lowest BCUT2D eigenvalue weighted by Crippen LogP contribution is -1.97. The molecule has 0 amide bonds. The zero-order valence-electron chi connectivity index (χ0n) is 10.9. The summed E-state index contributed by atoms with van der Waals surface area (Å²) in [5, 5.41) is 0. The quantitative estimate of drug-likeness (QED) is 0.778. The number of fused-ring (bicyclic) bond motifs is 1. The third-order valence-electron chi connectivity index (χ3n) is 3.39. The van der Waals surface area contributed by atoms with Gasteiger partial charge < -0.3 is 10.3 Å². The second-order valence-corrected chi connectivity index (χ2v) is 5.47. The Morgan fingerprint density at radius 3 is 2.80 bits per heavy atom. The Kier molecular flexibility index (Phi) is 3.31. The first-order valence-electron chi connectivity index (χ1n) is 6.21. The van der Waals surface area contributed by atoms with Crippen molar-refractivity contribution in [3.63, 3.8) is 0 Å². The van der Waals surface area contributed by atoms with Gasteiger partial charge in [0, 0.05) is 19.2 Å². The number of imidazole rings is 1. The van der Waals surface area contributed by atoms with Gasteiger partial charge in [-0.05, 0) is 45.8 Å². The maximum absolute atomic E-state index is 13.7. The fourth-order valence-corrected chi connectivity index (χ4v) is 2.58. The van der Waals surface area contributed by atoms with Crippen LogP contribution in [0, 0.1) is 5.82 Å². The molecule has 1 aromatic heterocycles. The summed E-state index contributed by atoms with van der Waals surface area (Å²) in [5.74, 6) is 0.431. The van der Waals surface area contributed by atoms with Crippen LogP contribution in [0.3, 0.4) is 0 Å². The van der Waals surface area contributed by atoms with Crippen LogP contribution in [0.5, 0.6) is 0 Å². The molecule has 2 aromatic carbocycles. The summed E-state index contributed by atoms with van der Waals surface area (Å²) in [6.45, 7) is 0.433. The fourth-order valence-electron chi connectivity index (χ4n) is 2.33. The van der Waals surface area contributed by atoms with E-state index >= 15 is 0 Å². The van der Waals surface area contributed by atoms with Crippen molar-refractivity contribution in [2.24, 2.45) is 12.8 Å². The maximum Gasteiger partial charge on any atom is 0.140 e. The molecule has 0 unspecified atom stereocenters. The highest BCUT2D eigenvalue weighted by molar-refractivity contribution is 9.10. The summed E-state index contributed by atoms with van der Waals surface area (Å²) in [6, 6.07) is 10.9. The zero-order valence-corrected chi connectivity index (χ0v) is 12.5. The van der Waals surface area contributed by atoms with Crippen molar-refractivity contribution in [2.45, 2.75) is 6.54 Å². The number of hydrogen-bond acceptors (Lipinski definition) is 2. The third-order valence-corrected chi connectivity index (χ3v) is 4.04. The summed E-state index contributed by atoms with van der Waals surface area (Å²) >= 11 is 3.16. The van der Waals surface area contributed by atoms with E-state index in [0.29, 0.717) is 11.0 Å².